The average Bonchev–Trinajstić information content (AvgIpc) is 3.37. The first kappa shape index (κ1) is 24.1. The zero-order chi connectivity index (χ0) is 25.6. The maximum atomic E-state index is 13.8. The predicted molar refractivity (Wildman–Crippen MR) is 139 cm³/mol. The molecule has 36 heavy (non-hydrogen) atoms. The van der Waals surface area contributed by atoms with Gasteiger partial charge >= 0.3 is 0 Å². The first-order valence-electron chi connectivity index (χ1n) is 12.8. The maximum Gasteiger partial charge on any atom is 0.255 e. The maximum absolute atomic E-state index is 13.8. The molecule has 3 N–H and O–H groups in total. The summed E-state index contributed by atoms with van der Waals surface area (Å²) in [6, 6.07) is 13.9. The number of nitrogens with zero attached hydrogens (tertiary/aromatic N) is 1. The fourth-order valence-corrected chi connectivity index (χ4v) is 5.54. The minimum atomic E-state index is -0.714. The Morgan fingerprint density at radius 2 is 1.75 bits per heavy atom. The Kier molecular flexibility index (Phi) is 6.33. The predicted octanol–water partition coefficient (Wildman–Crippen LogP) is 3.94. The fourth-order valence-electron chi connectivity index (χ4n) is 5.54. The summed E-state index contributed by atoms with van der Waals surface area (Å²) < 4.78 is 0. The molecule has 2 aliphatic heterocycles. The molecule has 2 aromatic carbocycles. The molecular weight excluding hydrogens is 452 g/mol. The molecule has 3 heterocycles. The molecule has 0 unspecified atom stereocenters. The lowest BCUT2D eigenvalue weighted by molar-refractivity contribution is -0.132. The van der Waals surface area contributed by atoms with Crippen LogP contribution in [0.2, 0.25) is 0 Å². The molecule has 0 bridgehead atoms. The Morgan fingerprint density at radius 1 is 1.03 bits per heavy atom. The third-order valence-corrected chi connectivity index (χ3v) is 7.18. The largest absolute Gasteiger partial charge is 0.356 e. The minimum absolute atomic E-state index is 0.148. The molecule has 0 saturated carbocycles. The van der Waals surface area contributed by atoms with E-state index in [0.717, 1.165) is 27.7 Å². The second-order valence-electron chi connectivity index (χ2n) is 10.8. The third-order valence-electron chi connectivity index (χ3n) is 7.18. The van der Waals surface area contributed by atoms with Gasteiger partial charge in [-0.15, -0.1) is 0 Å². The van der Waals surface area contributed by atoms with E-state index < -0.39 is 12.1 Å². The summed E-state index contributed by atoms with van der Waals surface area (Å²) in [4.78, 5) is 45.7. The number of H-pyrrole nitrogens is 1. The van der Waals surface area contributed by atoms with Crippen LogP contribution in [0.3, 0.4) is 0 Å². The Bertz CT molecular complexity index is 1330. The monoisotopic (exact) mass is 486 g/mol. The molecule has 3 amide bonds. The van der Waals surface area contributed by atoms with E-state index in [-0.39, 0.29) is 29.7 Å². The van der Waals surface area contributed by atoms with Gasteiger partial charge in [0, 0.05) is 35.1 Å². The minimum Gasteiger partial charge on any atom is -0.356 e. The molecule has 3 atom stereocenters. The standard InChI is InChI=1S/C29H34N4O3/c1-16(2)13-23(27(34)30-15-17(3)4)32-28(35)24-14-21-18-9-7-8-12-22(18)31-25(21)26-19-10-5-6-11-20(19)29(36)33(24)26/h5-12,16-17,23-24,26,31H,13-15H2,1-4H3,(H,30,34)(H,32,35)/t23-,24-,26-/m0/s1. The number of fused-ring (bicyclic) bond motifs is 7. The number of aromatic nitrogens is 1. The van der Waals surface area contributed by atoms with Crippen molar-refractivity contribution >= 4 is 28.6 Å². The lowest BCUT2D eigenvalue weighted by Gasteiger charge is -2.38. The van der Waals surface area contributed by atoms with E-state index in [1.165, 1.54) is 0 Å². The van der Waals surface area contributed by atoms with Crippen molar-refractivity contribution in [3.05, 3.63) is 70.9 Å². The highest BCUT2D eigenvalue weighted by Crippen LogP contribution is 2.46. The lowest BCUT2D eigenvalue weighted by atomic mass is 9.89. The summed E-state index contributed by atoms with van der Waals surface area (Å²) in [6.45, 7) is 8.68. The Morgan fingerprint density at radius 3 is 2.50 bits per heavy atom. The van der Waals surface area contributed by atoms with E-state index >= 15 is 0 Å². The number of aromatic amines is 1. The van der Waals surface area contributed by atoms with Crippen LogP contribution in [-0.4, -0.2) is 46.2 Å². The zero-order valence-electron chi connectivity index (χ0n) is 21.3. The van der Waals surface area contributed by atoms with Gasteiger partial charge in [-0.3, -0.25) is 14.4 Å². The van der Waals surface area contributed by atoms with E-state index in [2.05, 4.69) is 21.7 Å². The number of carbonyl (C=O) groups is 3. The summed E-state index contributed by atoms with van der Waals surface area (Å²) in [6.07, 6.45) is 0.918. The zero-order valence-corrected chi connectivity index (χ0v) is 21.3. The Hall–Kier alpha value is -3.61. The van der Waals surface area contributed by atoms with Gasteiger partial charge in [-0.1, -0.05) is 64.1 Å². The number of hydrogen-bond donors (Lipinski definition) is 3. The summed E-state index contributed by atoms with van der Waals surface area (Å²) in [5.74, 6) is -0.0874. The van der Waals surface area contributed by atoms with Gasteiger partial charge < -0.3 is 20.5 Å². The average molecular weight is 487 g/mol. The second kappa shape index (κ2) is 9.45. The molecule has 0 aliphatic carbocycles. The molecule has 188 valence electrons. The van der Waals surface area contributed by atoms with Gasteiger partial charge in [0.25, 0.3) is 5.91 Å². The number of nitrogens with one attached hydrogen (secondary N) is 3. The van der Waals surface area contributed by atoms with Crippen LogP contribution in [0, 0.1) is 11.8 Å². The van der Waals surface area contributed by atoms with E-state index in [0.29, 0.717) is 30.9 Å². The number of amides is 3. The summed E-state index contributed by atoms with van der Waals surface area (Å²) >= 11 is 0. The second-order valence-corrected chi connectivity index (χ2v) is 10.8. The molecule has 0 radical (unpaired) electrons. The topological polar surface area (TPSA) is 94.3 Å². The summed E-state index contributed by atoms with van der Waals surface area (Å²) in [5, 5.41) is 7.04. The highest BCUT2D eigenvalue weighted by atomic mass is 16.2. The Balaban J connectivity index is 1.51. The number of rotatable bonds is 7. The van der Waals surface area contributed by atoms with E-state index in [4.69, 9.17) is 0 Å². The molecule has 2 aliphatic rings. The van der Waals surface area contributed by atoms with Crippen molar-refractivity contribution in [2.75, 3.05) is 6.54 Å². The van der Waals surface area contributed by atoms with Crippen molar-refractivity contribution in [1.82, 2.24) is 20.5 Å². The fraction of sp³-hybridized carbons (Fsp3) is 0.414. The first-order valence-corrected chi connectivity index (χ1v) is 12.8. The van der Waals surface area contributed by atoms with Crippen LogP contribution in [-0.2, 0) is 16.0 Å². The third kappa shape index (κ3) is 4.16. The molecule has 7 nitrogen and oxygen atoms in total. The van der Waals surface area contributed by atoms with Gasteiger partial charge in [-0.25, -0.2) is 0 Å². The number of benzene rings is 2. The highest BCUT2D eigenvalue weighted by Gasteiger charge is 2.49. The molecular formula is C29H34N4O3. The van der Waals surface area contributed by atoms with Crippen LogP contribution in [0.5, 0.6) is 0 Å². The van der Waals surface area contributed by atoms with Crippen LogP contribution >= 0.6 is 0 Å². The van der Waals surface area contributed by atoms with Crippen LogP contribution in [0.4, 0.5) is 0 Å². The van der Waals surface area contributed by atoms with Crippen LogP contribution < -0.4 is 10.6 Å². The van der Waals surface area contributed by atoms with Crippen molar-refractivity contribution in [2.24, 2.45) is 11.8 Å². The molecule has 5 rings (SSSR count). The van der Waals surface area contributed by atoms with Crippen molar-refractivity contribution in [3.63, 3.8) is 0 Å². The van der Waals surface area contributed by atoms with E-state index in [1.807, 2.05) is 70.2 Å². The van der Waals surface area contributed by atoms with Crippen molar-refractivity contribution < 1.29 is 14.4 Å². The molecule has 0 fully saturated rings. The van der Waals surface area contributed by atoms with Gasteiger partial charge in [-0.2, -0.15) is 0 Å². The van der Waals surface area contributed by atoms with Gasteiger partial charge in [0.15, 0.2) is 0 Å². The number of hydrogen-bond acceptors (Lipinski definition) is 3. The van der Waals surface area contributed by atoms with Gasteiger partial charge in [0.2, 0.25) is 11.8 Å². The van der Waals surface area contributed by atoms with Gasteiger partial charge in [-0.05, 0) is 41.5 Å². The first-order chi connectivity index (χ1) is 17.3. The van der Waals surface area contributed by atoms with Crippen LogP contribution in [0.25, 0.3) is 10.9 Å². The summed E-state index contributed by atoms with van der Waals surface area (Å²) in [5.41, 5.74) is 4.54. The van der Waals surface area contributed by atoms with Crippen LogP contribution in [0.1, 0.15) is 67.3 Å². The number of para-hydroxylation sites is 1. The Labute approximate surface area is 211 Å². The molecule has 1 aromatic heterocycles. The smallest absolute Gasteiger partial charge is 0.255 e. The van der Waals surface area contributed by atoms with Crippen LogP contribution in [0.15, 0.2) is 48.5 Å². The highest BCUT2D eigenvalue weighted by molar-refractivity contribution is 6.04. The SMILES string of the molecule is CC(C)CNC(=O)[C@H](CC(C)C)NC(=O)[C@@H]1Cc2c([nH]c3ccccc23)[C@@H]2c3ccccc3C(=O)N21. The molecule has 7 heteroatoms. The normalized spacial score (nSPS) is 19.3. The van der Waals surface area contributed by atoms with E-state index in [9.17, 15) is 14.4 Å². The van der Waals surface area contributed by atoms with Crippen molar-refractivity contribution in [1.29, 1.82) is 0 Å². The van der Waals surface area contributed by atoms with Gasteiger partial charge in [0.1, 0.15) is 12.1 Å². The lowest BCUT2D eigenvalue weighted by Crippen LogP contribution is -2.57. The van der Waals surface area contributed by atoms with Crippen molar-refractivity contribution in [2.45, 2.75) is 58.7 Å². The van der Waals surface area contributed by atoms with Crippen molar-refractivity contribution in [3.8, 4) is 0 Å². The quantitative estimate of drug-likeness (QED) is 0.472. The van der Waals surface area contributed by atoms with E-state index in [1.54, 1.807) is 4.90 Å². The van der Waals surface area contributed by atoms with Gasteiger partial charge in [0.05, 0.1) is 6.04 Å². The molecule has 0 spiro atoms. The number of carbonyl (C=O) groups excluding carboxylic acids is 3. The summed E-state index contributed by atoms with van der Waals surface area (Å²) in [7, 11) is 0. The molecule has 3 aromatic rings. The molecule has 0 saturated heterocycles.